The van der Waals surface area contributed by atoms with Crippen molar-refractivity contribution in [3.63, 3.8) is 0 Å². The Labute approximate surface area is 109 Å². The molecule has 3 rings (SSSR count). The van der Waals surface area contributed by atoms with Crippen LogP contribution in [-0.4, -0.2) is 4.57 Å². The SMILES string of the molecule is CC(N)c1ccc2c(ccn2CC2CCCC2)c1. The van der Waals surface area contributed by atoms with E-state index in [9.17, 15) is 0 Å². The highest BCUT2D eigenvalue weighted by molar-refractivity contribution is 5.81. The molecule has 2 aromatic rings. The lowest BCUT2D eigenvalue weighted by Gasteiger charge is -2.12. The summed E-state index contributed by atoms with van der Waals surface area (Å²) in [5.74, 6) is 0.883. The van der Waals surface area contributed by atoms with E-state index in [1.807, 2.05) is 6.92 Å². The van der Waals surface area contributed by atoms with Gasteiger partial charge in [0.15, 0.2) is 0 Å². The highest BCUT2D eigenvalue weighted by atomic mass is 15.0. The first-order valence-electron chi connectivity index (χ1n) is 7.08. The van der Waals surface area contributed by atoms with E-state index in [0.29, 0.717) is 0 Å². The Balaban J connectivity index is 1.89. The summed E-state index contributed by atoms with van der Waals surface area (Å²) in [5, 5.41) is 1.32. The molecular weight excluding hydrogens is 220 g/mol. The fourth-order valence-electron chi connectivity index (χ4n) is 3.13. The van der Waals surface area contributed by atoms with Crippen LogP contribution in [0.2, 0.25) is 0 Å². The topological polar surface area (TPSA) is 30.9 Å². The maximum absolute atomic E-state index is 5.94. The van der Waals surface area contributed by atoms with E-state index in [-0.39, 0.29) is 6.04 Å². The third-order valence-electron chi connectivity index (χ3n) is 4.25. The molecule has 0 saturated heterocycles. The van der Waals surface area contributed by atoms with E-state index < -0.39 is 0 Å². The van der Waals surface area contributed by atoms with Crippen molar-refractivity contribution >= 4 is 10.9 Å². The van der Waals surface area contributed by atoms with Gasteiger partial charge in [0, 0.05) is 24.3 Å². The molecule has 18 heavy (non-hydrogen) atoms. The molecule has 1 heterocycles. The van der Waals surface area contributed by atoms with Crippen LogP contribution in [-0.2, 0) is 6.54 Å². The van der Waals surface area contributed by atoms with Gasteiger partial charge in [-0.3, -0.25) is 0 Å². The van der Waals surface area contributed by atoms with Gasteiger partial charge in [-0.15, -0.1) is 0 Å². The second-order valence-corrected chi connectivity index (χ2v) is 5.73. The number of hydrogen-bond donors (Lipinski definition) is 1. The molecule has 1 aliphatic carbocycles. The zero-order valence-electron chi connectivity index (χ0n) is 11.1. The number of benzene rings is 1. The van der Waals surface area contributed by atoms with E-state index in [1.165, 1.54) is 48.7 Å². The summed E-state index contributed by atoms with van der Waals surface area (Å²) >= 11 is 0. The van der Waals surface area contributed by atoms with Crippen LogP contribution in [0.25, 0.3) is 10.9 Å². The third-order valence-corrected chi connectivity index (χ3v) is 4.25. The molecule has 1 aromatic heterocycles. The summed E-state index contributed by atoms with van der Waals surface area (Å²) in [7, 11) is 0. The number of nitrogens with zero attached hydrogens (tertiary/aromatic N) is 1. The molecule has 1 aromatic carbocycles. The minimum absolute atomic E-state index is 0.118. The van der Waals surface area contributed by atoms with Crippen LogP contribution >= 0.6 is 0 Å². The van der Waals surface area contributed by atoms with Crippen LogP contribution < -0.4 is 5.73 Å². The molecule has 0 amide bonds. The van der Waals surface area contributed by atoms with Gasteiger partial charge in [-0.25, -0.2) is 0 Å². The quantitative estimate of drug-likeness (QED) is 0.870. The number of aromatic nitrogens is 1. The van der Waals surface area contributed by atoms with Crippen LogP contribution in [0.3, 0.4) is 0 Å². The molecule has 1 atom stereocenters. The zero-order valence-corrected chi connectivity index (χ0v) is 11.1. The molecule has 1 unspecified atom stereocenters. The Hall–Kier alpha value is -1.28. The van der Waals surface area contributed by atoms with Crippen molar-refractivity contribution in [3.8, 4) is 0 Å². The Morgan fingerprint density at radius 1 is 1.28 bits per heavy atom. The molecule has 1 fully saturated rings. The summed E-state index contributed by atoms with van der Waals surface area (Å²) in [5.41, 5.74) is 8.51. The molecule has 0 bridgehead atoms. The molecule has 1 aliphatic rings. The monoisotopic (exact) mass is 242 g/mol. The number of fused-ring (bicyclic) bond motifs is 1. The molecule has 0 radical (unpaired) electrons. The Morgan fingerprint density at radius 3 is 2.78 bits per heavy atom. The van der Waals surface area contributed by atoms with Gasteiger partial charge >= 0.3 is 0 Å². The third kappa shape index (κ3) is 2.17. The average Bonchev–Trinajstić information content (AvgIpc) is 2.99. The minimum atomic E-state index is 0.118. The first-order valence-corrected chi connectivity index (χ1v) is 7.08. The largest absolute Gasteiger partial charge is 0.347 e. The molecule has 2 nitrogen and oxygen atoms in total. The summed E-state index contributed by atoms with van der Waals surface area (Å²) < 4.78 is 2.41. The molecule has 0 aliphatic heterocycles. The average molecular weight is 242 g/mol. The molecule has 2 heteroatoms. The van der Waals surface area contributed by atoms with Gasteiger partial charge in [0.2, 0.25) is 0 Å². The van der Waals surface area contributed by atoms with Crippen LogP contribution in [0.5, 0.6) is 0 Å². The molecule has 96 valence electrons. The van der Waals surface area contributed by atoms with Crippen molar-refractivity contribution in [1.29, 1.82) is 0 Å². The van der Waals surface area contributed by atoms with Gasteiger partial charge < -0.3 is 10.3 Å². The molecule has 2 N–H and O–H groups in total. The molecule has 0 spiro atoms. The first-order chi connectivity index (χ1) is 8.74. The van der Waals surface area contributed by atoms with E-state index >= 15 is 0 Å². The predicted octanol–water partition coefficient (Wildman–Crippen LogP) is 3.85. The fourth-order valence-corrected chi connectivity index (χ4v) is 3.13. The maximum Gasteiger partial charge on any atom is 0.0480 e. The highest BCUT2D eigenvalue weighted by Gasteiger charge is 2.16. The van der Waals surface area contributed by atoms with Gasteiger partial charge in [0.05, 0.1) is 0 Å². The van der Waals surface area contributed by atoms with Crippen LogP contribution in [0, 0.1) is 5.92 Å². The lowest BCUT2D eigenvalue weighted by Crippen LogP contribution is -2.06. The lowest BCUT2D eigenvalue weighted by molar-refractivity contribution is 0.466. The minimum Gasteiger partial charge on any atom is -0.347 e. The maximum atomic E-state index is 5.94. The summed E-state index contributed by atoms with van der Waals surface area (Å²) in [6.07, 6.45) is 7.86. The molecular formula is C16H22N2. The van der Waals surface area contributed by atoms with Crippen molar-refractivity contribution in [2.75, 3.05) is 0 Å². The fraction of sp³-hybridized carbons (Fsp3) is 0.500. The van der Waals surface area contributed by atoms with Crippen LogP contribution in [0.1, 0.15) is 44.2 Å². The Morgan fingerprint density at radius 2 is 2.06 bits per heavy atom. The van der Waals surface area contributed by atoms with Gasteiger partial charge in [-0.2, -0.15) is 0 Å². The second kappa shape index (κ2) is 4.77. The van der Waals surface area contributed by atoms with Crippen molar-refractivity contribution in [3.05, 3.63) is 36.0 Å². The highest BCUT2D eigenvalue weighted by Crippen LogP contribution is 2.28. The summed E-state index contributed by atoms with van der Waals surface area (Å²) in [6, 6.07) is 8.95. The van der Waals surface area contributed by atoms with Gasteiger partial charge in [0.25, 0.3) is 0 Å². The molecule has 1 saturated carbocycles. The predicted molar refractivity (Wildman–Crippen MR) is 76.5 cm³/mol. The van der Waals surface area contributed by atoms with E-state index in [1.54, 1.807) is 0 Å². The van der Waals surface area contributed by atoms with Gasteiger partial charge in [-0.1, -0.05) is 18.9 Å². The van der Waals surface area contributed by atoms with Crippen LogP contribution in [0.4, 0.5) is 0 Å². The Kier molecular flexibility index (Phi) is 3.13. The van der Waals surface area contributed by atoms with Crippen molar-refractivity contribution < 1.29 is 0 Å². The second-order valence-electron chi connectivity index (χ2n) is 5.73. The number of nitrogens with two attached hydrogens (primary N) is 1. The zero-order chi connectivity index (χ0) is 12.5. The van der Waals surface area contributed by atoms with E-state index in [4.69, 9.17) is 5.73 Å². The first kappa shape index (κ1) is 11.8. The van der Waals surface area contributed by atoms with Gasteiger partial charge in [-0.05, 0) is 54.8 Å². The summed E-state index contributed by atoms with van der Waals surface area (Å²) in [4.78, 5) is 0. The van der Waals surface area contributed by atoms with E-state index in [0.717, 1.165) is 5.92 Å². The van der Waals surface area contributed by atoms with Crippen LogP contribution in [0.15, 0.2) is 30.5 Å². The van der Waals surface area contributed by atoms with Crippen molar-refractivity contribution in [1.82, 2.24) is 4.57 Å². The van der Waals surface area contributed by atoms with Crippen molar-refractivity contribution in [2.24, 2.45) is 11.7 Å². The normalized spacial score (nSPS) is 18.6. The van der Waals surface area contributed by atoms with Crippen molar-refractivity contribution in [2.45, 2.75) is 45.2 Å². The smallest absolute Gasteiger partial charge is 0.0480 e. The number of rotatable bonds is 3. The summed E-state index contributed by atoms with van der Waals surface area (Å²) in [6.45, 7) is 3.22. The number of hydrogen-bond acceptors (Lipinski definition) is 1. The lowest BCUT2D eigenvalue weighted by atomic mass is 10.1. The standard InChI is InChI=1S/C16H22N2/c1-12(17)14-6-7-16-15(10-14)8-9-18(16)11-13-4-2-3-5-13/h6-10,12-13H,2-5,11,17H2,1H3. The Bertz CT molecular complexity index is 533. The van der Waals surface area contributed by atoms with Gasteiger partial charge in [0.1, 0.15) is 0 Å². The van der Waals surface area contributed by atoms with E-state index in [2.05, 4.69) is 35.0 Å².